The number of nitrogens with zero attached hydrogens (tertiary/aromatic N) is 1. The number of allylic oxidation sites excluding steroid dienone is 2. The highest BCUT2D eigenvalue weighted by Crippen LogP contribution is 2.72. The van der Waals surface area contributed by atoms with Crippen LogP contribution in [0.3, 0.4) is 0 Å². The van der Waals surface area contributed by atoms with Gasteiger partial charge in [0, 0.05) is 12.1 Å². The van der Waals surface area contributed by atoms with E-state index in [0.717, 1.165) is 0 Å². The smallest absolute Gasteiger partial charge is 0.418 e. The second-order valence-corrected chi connectivity index (χ2v) is 9.38. The van der Waals surface area contributed by atoms with Crippen LogP contribution in [0, 0.1) is 10.1 Å². The van der Waals surface area contributed by atoms with E-state index in [1.807, 2.05) is 0 Å². The van der Waals surface area contributed by atoms with Gasteiger partial charge in [0.25, 0.3) is 5.69 Å². The maximum atomic E-state index is 12.8. The molecular weight excluding hydrogens is 301 g/mol. The van der Waals surface area contributed by atoms with Gasteiger partial charge in [0.1, 0.15) is 5.75 Å². The normalized spacial score (nSPS) is 17.9. The van der Waals surface area contributed by atoms with Crippen LogP contribution in [0.15, 0.2) is 47.2 Å². The molecule has 0 aromatic heterocycles. The lowest BCUT2D eigenvalue weighted by Crippen LogP contribution is -1.97. The van der Waals surface area contributed by atoms with Gasteiger partial charge in [-0.1, -0.05) is 12.2 Å². The Hall–Kier alpha value is -1.56. The number of hydrogen-bond donors (Lipinski definition) is 1. The lowest BCUT2D eigenvalue weighted by Gasteiger charge is -2.23. The third kappa shape index (κ3) is 3.30. The highest BCUT2D eigenvalue weighted by molar-refractivity contribution is 8.69. The molecule has 108 valence electrons. The van der Waals surface area contributed by atoms with Gasteiger partial charge in [-0.2, -0.15) is 0 Å². The van der Waals surface area contributed by atoms with Crippen LogP contribution >= 0.6 is 17.3 Å². The summed E-state index contributed by atoms with van der Waals surface area (Å²) in [5.41, 5.74) is -0.0463. The summed E-state index contributed by atoms with van der Waals surface area (Å²) in [7, 11) is -1.12. The molecule has 0 radical (unpaired) electrons. The molecule has 0 bridgehead atoms. The molecule has 0 saturated carbocycles. The molecule has 1 aromatic rings. The first-order valence-corrected chi connectivity index (χ1v) is 9.60. The summed E-state index contributed by atoms with van der Waals surface area (Å²) in [5, 5.41) is 14.2. The van der Waals surface area contributed by atoms with Crippen LogP contribution in [0.2, 0.25) is 0 Å². The lowest BCUT2D eigenvalue weighted by molar-refractivity contribution is -0.384. The Morgan fingerprint density at radius 2 is 1.85 bits per heavy atom. The van der Waals surface area contributed by atoms with E-state index in [4.69, 9.17) is 9.05 Å². The third-order valence-electron chi connectivity index (χ3n) is 2.43. The average Bonchev–Trinajstić information content (AvgIpc) is 2.94. The molecule has 6 nitrogen and oxygen atoms in total. The van der Waals surface area contributed by atoms with Crippen molar-refractivity contribution in [1.82, 2.24) is 0 Å². The standard InChI is InChI=1S/C12H14NO5PS/c1-2-17-19(16,20-9-3-4-10-20)18-12-7-5-11(6-8-12)13(14)15/h3-10,20H,2H2,1H3. The van der Waals surface area contributed by atoms with E-state index in [0.29, 0.717) is 5.75 Å². The van der Waals surface area contributed by atoms with Crippen LogP contribution in [-0.2, 0) is 9.09 Å². The van der Waals surface area contributed by atoms with Gasteiger partial charge in [-0.15, -0.1) is 10.5 Å². The van der Waals surface area contributed by atoms with Crippen LogP contribution in [0.25, 0.3) is 0 Å². The molecule has 0 spiro atoms. The highest BCUT2D eigenvalue weighted by atomic mass is 32.8. The largest absolute Gasteiger partial charge is 0.427 e. The zero-order valence-electron chi connectivity index (χ0n) is 10.7. The molecule has 1 atom stereocenters. The predicted octanol–water partition coefficient (Wildman–Crippen LogP) is 4.16. The molecule has 0 amide bonds. The summed E-state index contributed by atoms with van der Waals surface area (Å²) in [5.74, 6) is 0.295. The van der Waals surface area contributed by atoms with E-state index in [1.54, 1.807) is 29.9 Å². The zero-order valence-corrected chi connectivity index (χ0v) is 12.5. The first-order valence-electron chi connectivity index (χ1n) is 5.87. The number of non-ortho nitro benzene ring substituents is 1. The summed E-state index contributed by atoms with van der Waals surface area (Å²) >= 11 is 0. The molecular formula is C12H14NO5PS. The van der Waals surface area contributed by atoms with Gasteiger partial charge >= 0.3 is 6.80 Å². The van der Waals surface area contributed by atoms with Crippen LogP contribution in [0.4, 0.5) is 5.69 Å². The van der Waals surface area contributed by atoms with Gasteiger partial charge < -0.3 is 4.52 Å². The number of benzene rings is 1. The predicted molar refractivity (Wildman–Crippen MR) is 80.2 cm³/mol. The van der Waals surface area contributed by atoms with E-state index in [1.165, 1.54) is 24.3 Å². The van der Waals surface area contributed by atoms with E-state index < -0.39 is 22.2 Å². The molecule has 2 rings (SSSR count). The zero-order chi connectivity index (χ0) is 14.6. The minimum atomic E-state index is -3.31. The van der Waals surface area contributed by atoms with Gasteiger partial charge in [0.15, 0.2) is 0 Å². The van der Waals surface area contributed by atoms with Gasteiger partial charge in [-0.25, -0.2) is 4.57 Å². The van der Waals surface area contributed by atoms with Crippen molar-refractivity contribution < 1.29 is 18.5 Å². The molecule has 1 heterocycles. The minimum absolute atomic E-state index is 0.0463. The topological polar surface area (TPSA) is 78.7 Å². The quantitative estimate of drug-likeness (QED) is 0.369. The Bertz CT molecular complexity index is 586. The van der Waals surface area contributed by atoms with Crippen LogP contribution in [0.5, 0.6) is 5.75 Å². The van der Waals surface area contributed by atoms with Crippen molar-refractivity contribution in [3.63, 3.8) is 0 Å². The second-order valence-electron chi connectivity index (χ2n) is 3.79. The fourth-order valence-electron chi connectivity index (χ4n) is 1.55. The Morgan fingerprint density at radius 3 is 2.35 bits per heavy atom. The molecule has 8 heteroatoms. The number of thiol groups is 1. The number of hydrogen-bond acceptors (Lipinski definition) is 5. The lowest BCUT2D eigenvalue weighted by atomic mass is 10.3. The third-order valence-corrected chi connectivity index (χ3v) is 8.07. The van der Waals surface area contributed by atoms with Crippen molar-refractivity contribution in [2.75, 3.05) is 6.61 Å². The molecule has 1 aromatic carbocycles. The van der Waals surface area contributed by atoms with E-state index in [-0.39, 0.29) is 12.3 Å². The first kappa shape index (κ1) is 14.8. The van der Waals surface area contributed by atoms with Crippen molar-refractivity contribution in [2.45, 2.75) is 6.92 Å². The number of nitro groups is 1. The summed E-state index contributed by atoms with van der Waals surface area (Å²) in [6, 6.07) is 5.45. The first-order chi connectivity index (χ1) is 9.55. The number of rotatable bonds is 6. The van der Waals surface area contributed by atoms with Gasteiger partial charge in [-0.05, 0) is 29.9 Å². The van der Waals surface area contributed by atoms with Gasteiger partial charge in [-0.3, -0.25) is 14.6 Å². The average molecular weight is 315 g/mol. The Kier molecular flexibility index (Phi) is 4.65. The van der Waals surface area contributed by atoms with Crippen molar-refractivity contribution >= 4 is 23.0 Å². The maximum absolute atomic E-state index is 12.8. The fraction of sp³-hybridized carbons (Fsp3) is 0.167. The van der Waals surface area contributed by atoms with E-state index in [2.05, 4.69) is 0 Å². The van der Waals surface area contributed by atoms with Crippen molar-refractivity contribution in [3.05, 3.63) is 57.3 Å². The summed E-state index contributed by atoms with van der Waals surface area (Å²) in [6.07, 6.45) is 3.60. The second kappa shape index (κ2) is 6.26. The molecule has 1 aliphatic heterocycles. The Morgan fingerprint density at radius 1 is 1.25 bits per heavy atom. The number of nitro benzene ring substituents is 1. The molecule has 1 unspecified atom stereocenters. The van der Waals surface area contributed by atoms with E-state index >= 15 is 0 Å². The fourth-order valence-corrected chi connectivity index (χ4v) is 6.28. The van der Waals surface area contributed by atoms with Crippen molar-refractivity contribution in [2.24, 2.45) is 0 Å². The van der Waals surface area contributed by atoms with Crippen LogP contribution in [0.1, 0.15) is 6.92 Å². The van der Waals surface area contributed by atoms with Gasteiger partial charge in [0.05, 0.1) is 11.5 Å². The summed E-state index contributed by atoms with van der Waals surface area (Å²) < 4.78 is 23.6. The van der Waals surface area contributed by atoms with Crippen molar-refractivity contribution in [3.8, 4) is 5.75 Å². The molecule has 20 heavy (non-hydrogen) atoms. The van der Waals surface area contributed by atoms with Crippen molar-refractivity contribution in [1.29, 1.82) is 0 Å². The molecule has 0 saturated heterocycles. The SMILES string of the molecule is CCOP(=O)(Oc1ccc([N+](=O)[O-])cc1)[SH]1C=CC=C1. The monoisotopic (exact) mass is 315 g/mol. The molecule has 1 aliphatic rings. The minimum Gasteiger partial charge on any atom is -0.418 e. The highest BCUT2D eigenvalue weighted by Gasteiger charge is 2.32. The Balaban J connectivity index is 2.19. The molecule has 0 fully saturated rings. The van der Waals surface area contributed by atoms with Crippen LogP contribution < -0.4 is 4.52 Å². The summed E-state index contributed by atoms with van der Waals surface area (Å²) in [4.78, 5) is 10.1. The van der Waals surface area contributed by atoms with Gasteiger partial charge in [0.2, 0.25) is 0 Å². The summed E-state index contributed by atoms with van der Waals surface area (Å²) in [6.45, 7) is -1.30. The Labute approximate surface area is 118 Å². The maximum Gasteiger partial charge on any atom is 0.427 e. The molecule has 0 N–H and O–H groups in total. The van der Waals surface area contributed by atoms with E-state index in [9.17, 15) is 14.7 Å². The van der Waals surface area contributed by atoms with Crippen LogP contribution in [-0.4, -0.2) is 11.5 Å². The molecule has 0 aliphatic carbocycles.